The molecule has 1 fully saturated rings. The van der Waals surface area contributed by atoms with E-state index in [4.69, 9.17) is 0 Å². The maximum absolute atomic E-state index is 12.4. The average molecular weight is 317 g/mol. The molecular formula is C19H31N3O. The van der Waals surface area contributed by atoms with Crippen molar-refractivity contribution in [3.05, 3.63) is 28.8 Å². The van der Waals surface area contributed by atoms with Gasteiger partial charge in [-0.15, -0.1) is 0 Å². The van der Waals surface area contributed by atoms with Crippen LogP contribution in [0.4, 0.5) is 5.69 Å². The van der Waals surface area contributed by atoms with Crippen molar-refractivity contribution in [2.24, 2.45) is 5.92 Å². The number of nitrogens with zero attached hydrogens (tertiary/aromatic N) is 1. The summed E-state index contributed by atoms with van der Waals surface area (Å²) in [5.74, 6) is 0.862. The zero-order valence-electron chi connectivity index (χ0n) is 15.0. The number of piperidine rings is 1. The van der Waals surface area contributed by atoms with Crippen LogP contribution in [0.1, 0.15) is 36.5 Å². The fourth-order valence-corrected chi connectivity index (χ4v) is 3.46. The van der Waals surface area contributed by atoms with Crippen molar-refractivity contribution in [1.29, 1.82) is 0 Å². The van der Waals surface area contributed by atoms with E-state index in [1.807, 2.05) is 0 Å². The molecular weight excluding hydrogens is 286 g/mol. The Balaban J connectivity index is 1.82. The summed E-state index contributed by atoms with van der Waals surface area (Å²) in [4.78, 5) is 14.6. The van der Waals surface area contributed by atoms with Crippen LogP contribution in [0.15, 0.2) is 12.1 Å². The van der Waals surface area contributed by atoms with Crippen molar-refractivity contribution in [2.75, 3.05) is 38.0 Å². The molecule has 2 rings (SSSR count). The van der Waals surface area contributed by atoms with Gasteiger partial charge in [0.25, 0.3) is 0 Å². The highest BCUT2D eigenvalue weighted by atomic mass is 16.2. The van der Waals surface area contributed by atoms with Gasteiger partial charge in [-0.3, -0.25) is 9.69 Å². The number of carbonyl (C=O) groups is 1. The molecule has 23 heavy (non-hydrogen) atoms. The molecule has 4 nitrogen and oxygen atoms in total. The maximum Gasteiger partial charge on any atom is 0.238 e. The Labute approximate surface area is 140 Å². The summed E-state index contributed by atoms with van der Waals surface area (Å²) in [6.07, 6.45) is 2.37. The largest absolute Gasteiger partial charge is 0.324 e. The molecule has 0 aliphatic carbocycles. The minimum atomic E-state index is 0.102. The molecule has 1 saturated heterocycles. The lowest BCUT2D eigenvalue weighted by atomic mass is 9.97. The Morgan fingerprint density at radius 1 is 1.17 bits per heavy atom. The van der Waals surface area contributed by atoms with Gasteiger partial charge in [-0.25, -0.2) is 0 Å². The molecule has 0 bridgehead atoms. The Morgan fingerprint density at radius 2 is 1.78 bits per heavy atom. The molecule has 4 heteroatoms. The highest BCUT2D eigenvalue weighted by molar-refractivity contribution is 5.93. The molecule has 1 aromatic carbocycles. The van der Waals surface area contributed by atoms with Crippen LogP contribution >= 0.6 is 0 Å². The first-order chi connectivity index (χ1) is 11.0. The number of nitrogens with one attached hydrogen (secondary N) is 2. The Bertz CT molecular complexity index is 510. The Kier molecular flexibility index (Phi) is 6.60. The fraction of sp³-hybridized carbons (Fsp3) is 0.632. The number of rotatable bonds is 6. The molecule has 0 unspecified atom stereocenters. The van der Waals surface area contributed by atoms with E-state index in [1.54, 1.807) is 0 Å². The summed E-state index contributed by atoms with van der Waals surface area (Å²) in [6, 6.07) is 4.24. The van der Waals surface area contributed by atoms with Gasteiger partial charge in [0.2, 0.25) is 5.91 Å². The molecule has 0 radical (unpaired) electrons. The second-order valence-electron chi connectivity index (χ2n) is 6.85. The first-order valence-corrected chi connectivity index (χ1v) is 8.80. The lowest BCUT2D eigenvalue weighted by molar-refractivity contribution is -0.117. The van der Waals surface area contributed by atoms with E-state index < -0.39 is 0 Å². The minimum absolute atomic E-state index is 0.102. The zero-order valence-corrected chi connectivity index (χ0v) is 15.0. The molecule has 1 aliphatic rings. The summed E-state index contributed by atoms with van der Waals surface area (Å²) in [6.45, 7) is 13.0. The van der Waals surface area contributed by atoms with E-state index in [0.29, 0.717) is 6.54 Å². The zero-order chi connectivity index (χ0) is 16.8. The van der Waals surface area contributed by atoms with Crippen LogP contribution in [-0.4, -0.2) is 43.5 Å². The van der Waals surface area contributed by atoms with Gasteiger partial charge < -0.3 is 10.6 Å². The van der Waals surface area contributed by atoms with Crippen LogP contribution < -0.4 is 10.6 Å². The summed E-state index contributed by atoms with van der Waals surface area (Å²) in [7, 11) is 0. The monoisotopic (exact) mass is 317 g/mol. The smallest absolute Gasteiger partial charge is 0.238 e. The molecule has 0 saturated carbocycles. The van der Waals surface area contributed by atoms with Crippen molar-refractivity contribution < 1.29 is 4.79 Å². The first-order valence-electron chi connectivity index (χ1n) is 8.80. The third kappa shape index (κ3) is 5.33. The predicted molar refractivity (Wildman–Crippen MR) is 97.0 cm³/mol. The van der Waals surface area contributed by atoms with E-state index in [0.717, 1.165) is 48.9 Å². The van der Waals surface area contributed by atoms with Crippen LogP contribution in [0.25, 0.3) is 0 Å². The standard InChI is InChI=1S/C19H31N3O/c1-5-20-12-17-6-8-22(9-7-17)13-18(23)21-19-15(3)10-14(2)11-16(19)4/h10-11,17,20H,5-9,12-13H2,1-4H3,(H,21,23). The summed E-state index contributed by atoms with van der Waals surface area (Å²) in [5.41, 5.74) is 4.49. The number of benzene rings is 1. The highest BCUT2D eigenvalue weighted by Crippen LogP contribution is 2.22. The maximum atomic E-state index is 12.4. The Hall–Kier alpha value is -1.39. The van der Waals surface area contributed by atoms with E-state index in [-0.39, 0.29) is 5.91 Å². The van der Waals surface area contributed by atoms with Gasteiger partial charge in [0.05, 0.1) is 6.54 Å². The molecule has 1 aromatic rings. The topological polar surface area (TPSA) is 44.4 Å². The van der Waals surface area contributed by atoms with Crippen molar-refractivity contribution in [2.45, 2.75) is 40.5 Å². The average Bonchev–Trinajstić information content (AvgIpc) is 2.50. The molecule has 1 amide bonds. The normalized spacial score (nSPS) is 16.5. The van der Waals surface area contributed by atoms with Gasteiger partial charge in [0, 0.05) is 5.69 Å². The number of amides is 1. The number of anilines is 1. The summed E-state index contributed by atoms with van der Waals surface area (Å²) >= 11 is 0. The van der Waals surface area contributed by atoms with E-state index in [9.17, 15) is 4.79 Å². The van der Waals surface area contributed by atoms with E-state index in [2.05, 4.69) is 55.4 Å². The minimum Gasteiger partial charge on any atom is -0.324 e. The second-order valence-corrected chi connectivity index (χ2v) is 6.85. The Morgan fingerprint density at radius 3 is 2.35 bits per heavy atom. The van der Waals surface area contributed by atoms with Gasteiger partial charge in [-0.1, -0.05) is 24.6 Å². The van der Waals surface area contributed by atoms with Gasteiger partial charge in [0.1, 0.15) is 0 Å². The molecule has 2 N–H and O–H groups in total. The third-order valence-corrected chi connectivity index (χ3v) is 4.70. The predicted octanol–water partition coefficient (Wildman–Crippen LogP) is 2.87. The van der Waals surface area contributed by atoms with Crippen LogP contribution in [-0.2, 0) is 4.79 Å². The first kappa shape index (κ1) is 18.0. The number of hydrogen-bond donors (Lipinski definition) is 2. The molecule has 1 aliphatic heterocycles. The molecule has 128 valence electrons. The molecule has 0 aromatic heterocycles. The van der Waals surface area contributed by atoms with Crippen LogP contribution in [0, 0.1) is 26.7 Å². The van der Waals surface area contributed by atoms with E-state index in [1.165, 1.54) is 18.4 Å². The number of aryl methyl sites for hydroxylation is 3. The lowest BCUT2D eigenvalue weighted by Gasteiger charge is -2.31. The molecule has 0 atom stereocenters. The van der Waals surface area contributed by atoms with Gasteiger partial charge in [-0.05, 0) is 76.8 Å². The van der Waals surface area contributed by atoms with Crippen molar-refractivity contribution in [1.82, 2.24) is 10.2 Å². The number of hydrogen-bond acceptors (Lipinski definition) is 3. The van der Waals surface area contributed by atoms with Gasteiger partial charge in [0.15, 0.2) is 0 Å². The van der Waals surface area contributed by atoms with Crippen LogP contribution in [0.5, 0.6) is 0 Å². The van der Waals surface area contributed by atoms with Crippen LogP contribution in [0.2, 0.25) is 0 Å². The fourth-order valence-electron chi connectivity index (χ4n) is 3.46. The lowest BCUT2D eigenvalue weighted by Crippen LogP contribution is -2.41. The second kappa shape index (κ2) is 8.46. The van der Waals surface area contributed by atoms with Crippen molar-refractivity contribution in [3.63, 3.8) is 0 Å². The summed E-state index contributed by atoms with van der Waals surface area (Å²) < 4.78 is 0. The number of carbonyl (C=O) groups excluding carboxylic acids is 1. The van der Waals surface area contributed by atoms with Crippen molar-refractivity contribution >= 4 is 11.6 Å². The summed E-state index contributed by atoms with van der Waals surface area (Å²) in [5, 5.41) is 6.53. The van der Waals surface area contributed by atoms with Gasteiger partial charge in [-0.2, -0.15) is 0 Å². The SMILES string of the molecule is CCNCC1CCN(CC(=O)Nc2c(C)cc(C)cc2C)CC1. The number of likely N-dealkylation sites (tertiary alicyclic amines) is 1. The van der Waals surface area contributed by atoms with Gasteiger partial charge >= 0.3 is 0 Å². The quantitative estimate of drug-likeness (QED) is 0.848. The van der Waals surface area contributed by atoms with Crippen LogP contribution in [0.3, 0.4) is 0 Å². The highest BCUT2D eigenvalue weighted by Gasteiger charge is 2.20. The molecule has 0 spiro atoms. The third-order valence-electron chi connectivity index (χ3n) is 4.70. The van der Waals surface area contributed by atoms with Crippen molar-refractivity contribution in [3.8, 4) is 0 Å². The molecule has 1 heterocycles. The van der Waals surface area contributed by atoms with E-state index >= 15 is 0 Å².